The number of carbonyl (C=O) groups excluding carboxylic acids is 4. The van der Waals surface area contributed by atoms with Gasteiger partial charge in [0.2, 0.25) is 17.9 Å². The zero-order valence-electron chi connectivity index (χ0n) is 47.0. The maximum Gasteiger partial charge on any atom is 0.490 e. The topological polar surface area (TPSA) is 223 Å². The van der Waals surface area contributed by atoms with Crippen LogP contribution in [0, 0.1) is 0 Å². The van der Waals surface area contributed by atoms with Gasteiger partial charge in [0.05, 0.1) is 37.1 Å². The van der Waals surface area contributed by atoms with Crippen LogP contribution in [0.2, 0.25) is 10.0 Å². The van der Waals surface area contributed by atoms with E-state index in [1.165, 1.54) is 11.8 Å². The van der Waals surface area contributed by atoms with E-state index in [1.54, 1.807) is 112 Å². The van der Waals surface area contributed by atoms with Gasteiger partial charge < -0.3 is 48.8 Å². The third kappa shape index (κ3) is 17.1. The van der Waals surface area contributed by atoms with Crippen molar-refractivity contribution in [2.75, 3.05) is 33.8 Å². The first-order valence-corrected chi connectivity index (χ1v) is 26.9. The first-order valence-electron chi connectivity index (χ1n) is 26.1. The molecule has 2 unspecified atom stereocenters. The minimum atomic E-state index is -5.08. The molecule has 0 bridgehead atoms. The van der Waals surface area contributed by atoms with E-state index in [0.717, 1.165) is 27.5 Å². The quantitative estimate of drug-likeness (QED) is 0.0789. The Kier molecular flexibility index (Phi) is 20.7. The van der Waals surface area contributed by atoms with Crippen LogP contribution in [0.3, 0.4) is 0 Å². The highest BCUT2D eigenvalue weighted by atomic mass is 35.5. The standard InChI is InChI=1S/C56H67Cl2N7O10.C2HF3O2/c1-36(50(67)65-45(34-72-55(65,5)6)49(66)60-56(30-38-16-21-41(57)22-17-38)26-13-27-63(35-56)52(70)75-54(2,3)4)64(53(71)74-47(51(68)69)28-37-14-11-10-12-15-37)32-40-18-23-42(58)29-46(40)73-43-24-19-39(20-25-43)44-31-59-48(62(44)9)33-61(7)8;3-2(4,5)1(6)7/h10-12,14-25,29,31,36,45,47H,13,26-28,30,32-35H2,1-9H3,(H,60,66)(H,68,69);(H,6,7)/t36?,45-,47?,56+;/m0./s1. The molecule has 3 heterocycles. The Hall–Kier alpha value is -7.40. The molecule has 0 radical (unpaired) electrons. The molecule has 0 aliphatic carbocycles. The van der Waals surface area contributed by atoms with Gasteiger partial charge in [0, 0.05) is 47.7 Å². The number of nitrogens with one attached hydrogen (secondary N) is 1. The minimum Gasteiger partial charge on any atom is -0.478 e. The van der Waals surface area contributed by atoms with Crippen molar-refractivity contribution < 1.29 is 71.1 Å². The molecular formula is C58H68Cl2F3N7O12. The highest BCUT2D eigenvalue weighted by molar-refractivity contribution is 6.31. The predicted molar refractivity (Wildman–Crippen MR) is 298 cm³/mol. The SMILES string of the molecule is CC(C(=O)N1[C@H](C(=O)N[C@@]2(Cc3ccc(Cl)cc3)CCCN(C(=O)OC(C)(C)C)C2)COC1(C)C)N(Cc1ccc(Cl)cc1Oc1ccc(-c2cnc(CN(C)C)n2C)cc1)C(=O)OC(Cc1ccccc1)C(=O)O.O=C(O)C(F)(F)F. The summed E-state index contributed by atoms with van der Waals surface area (Å²) in [4.78, 5) is 90.7. The zero-order valence-corrected chi connectivity index (χ0v) is 48.5. The second-order valence-electron chi connectivity index (χ2n) is 21.8. The second-order valence-corrected chi connectivity index (χ2v) is 22.7. The molecule has 3 N–H and O–H groups in total. The summed E-state index contributed by atoms with van der Waals surface area (Å²) in [6.07, 6.45) is -5.33. The Morgan fingerprint density at radius 2 is 1.52 bits per heavy atom. The van der Waals surface area contributed by atoms with Gasteiger partial charge in [0.25, 0.3) is 0 Å². The van der Waals surface area contributed by atoms with Crippen molar-refractivity contribution in [1.29, 1.82) is 0 Å². The van der Waals surface area contributed by atoms with Crippen molar-refractivity contribution in [3.05, 3.63) is 136 Å². The summed E-state index contributed by atoms with van der Waals surface area (Å²) in [5.41, 5.74) is 0.534. The Morgan fingerprint density at radius 1 is 0.890 bits per heavy atom. The van der Waals surface area contributed by atoms with Gasteiger partial charge in [-0.05, 0) is 135 Å². The number of carbonyl (C=O) groups is 6. The molecule has 24 heteroatoms. The number of ether oxygens (including phenoxy) is 4. The van der Waals surface area contributed by atoms with Crippen molar-refractivity contribution in [2.24, 2.45) is 7.05 Å². The Bertz CT molecular complexity index is 3070. The van der Waals surface area contributed by atoms with Crippen molar-refractivity contribution in [1.82, 2.24) is 34.5 Å². The average Bonchev–Trinajstić information content (AvgIpc) is 4.00. The number of amides is 4. The number of imidazole rings is 1. The maximum atomic E-state index is 15.3. The van der Waals surface area contributed by atoms with Crippen LogP contribution >= 0.6 is 23.2 Å². The number of nitrogens with zero attached hydrogens (tertiary/aromatic N) is 6. The first-order chi connectivity index (χ1) is 38.3. The second kappa shape index (κ2) is 26.7. The van der Waals surface area contributed by atoms with E-state index in [9.17, 15) is 37.5 Å². The fraction of sp³-hybridized carbons (Fsp3) is 0.431. The van der Waals surface area contributed by atoms with Gasteiger partial charge in [-0.25, -0.2) is 24.2 Å². The van der Waals surface area contributed by atoms with Gasteiger partial charge in [0.15, 0.2) is 0 Å². The van der Waals surface area contributed by atoms with Crippen LogP contribution in [0.15, 0.2) is 103 Å². The molecule has 4 atom stereocenters. The van der Waals surface area contributed by atoms with E-state index in [2.05, 4.69) is 10.3 Å². The lowest BCUT2D eigenvalue weighted by Gasteiger charge is -2.45. The van der Waals surface area contributed by atoms with E-state index >= 15 is 4.79 Å². The summed E-state index contributed by atoms with van der Waals surface area (Å²) in [6.45, 7) is 10.8. The third-order valence-corrected chi connectivity index (χ3v) is 14.0. The Labute approximate surface area is 483 Å². The number of aromatic nitrogens is 2. The summed E-state index contributed by atoms with van der Waals surface area (Å²) in [6, 6.07) is 25.6. The van der Waals surface area contributed by atoms with Gasteiger partial charge >= 0.3 is 30.3 Å². The highest BCUT2D eigenvalue weighted by Gasteiger charge is 2.51. The fourth-order valence-corrected chi connectivity index (χ4v) is 9.74. The van der Waals surface area contributed by atoms with E-state index in [1.807, 2.05) is 61.1 Å². The molecule has 19 nitrogen and oxygen atoms in total. The number of aliphatic carboxylic acids is 2. The van der Waals surface area contributed by atoms with Crippen LogP contribution in [0.4, 0.5) is 22.8 Å². The van der Waals surface area contributed by atoms with Gasteiger partial charge in [-0.2, -0.15) is 13.2 Å². The van der Waals surface area contributed by atoms with Crippen LogP contribution in [0.1, 0.15) is 76.9 Å². The van der Waals surface area contributed by atoms with Gasteiger partial charge in [-0.3, -0.25) is 19.4 Å². The molecule has 2 aliphatic heterocycles. The summed E-state index contributed by atoms with van der Waals surface area (Å²) < 4.78 is 58.0. The minimum absolute atomic E-state index is 0.114. The number of halogens is 5. The molecule has 4 amide bonds. The van der Waals surface area contributed by atoms with Crippen LogP contribution in [-0.2, 0) is 66.4 Å². The van der Waals surface area contributed by atoms with Crippen molar-refractivity contribution in [3.8, 4) is 22.8 Å². The molecule has 82 heavy (non-hydrogen) atoms. The molecule has 0 spiro atoms. The predicted octanol–water partition coefficient (Wildman–Crippen LogP) is 10.00. The lowest BCUT2D eigenvalue weighted by Crippen LogP contribution is -2.65. The molecule has 7 rings (SSSR count). The van der Waals surface area contributed by atoms with Crippen molar-refractivity contribution in [2.45, 2.75) is 122 Å². The van der Waals surface area contributed by atoms with Crippen LogP contribution in [0.25, 0.3) is 11.3 Å². The molecule has 2 aliphatic rings. The van der Waals surface area contributed by atoms with Gasteiger partial charge in [-0.1, -0.05) is 71.7 Å². The number of piperidine rings is 1. The van der Waals surface area contributed by atoms with Crippen LogP contribution in [0.5, 0.6) is 11.5 Å². The number of carboxylic acids is 2. The van der Waals surface area contributed by atoms with E-state index in [-0.39, 0.29) is 31.9 Å². The molecular weight excluding hydrogens is 1110 g/mol. The molecule has 1 aromatic heterocycles. The summed E-state index contributed by atoms with van der Waals surface area (Å²) in [5, 5.41) is 21.6. The number of hydrogen-bond acceptors (Lipinski definition) is 12. The van der Waals surface area contributed by atoms with E-state index in [0.29, 0.717) is 59.3 Å². The largest absolute Gasteiger partial charge is 0.490 e. The number of hydrogen-bond donors (Lipinski definition) is 3. The normalized spacial score (nSPS) is 17.7. The molecule has 5 aromatic rings. The number of alkyl halides is 3. The lowest BCUT2D eigenvalue weighted by atomic mass is 9.82. The highest BCUT2D eigenvalue weighted by Crippen LogP contribution is 2.35. The van der Waals surface area contributed by atoms with E-state index < -0.39 is 77.2 Å². The Morgan fingerprint density at radius 3 is 2.12 bits per heavy atom. The van der Waals surface area contributed by atoms with Gasteiger partial charge in [-0.15, -0.1) is 0 Å². The Balaban J connectivity index is 0.00000145. The monoisotopic (exact) mass is 1180 g/mol. The van der Waals surface area contributed by atoms with Crippen LogP contribution in [-0.4, -0.2) is 150 Å². The molecule has 4 aromatic carbocycles. The van der Waals surface area contributed by atoms with Gasteiger partial charge in [0.1, 0.15) is 40.7 Å². The van der Waals surface area contributed by atoms with E-state index in [4.69, 9.17) is 52.1 Å². The summed E-state index contributed by atoms with van der Waals surface area (Å²) >= 11 is 12.8. The fourth-order valence-electron chi connectivity index (χ4n) is 9.45. The lowest BCUT2D eigenvalue weighted by molar-refractivity contribution is -0.192. The molecule has 442 valence electrons. The van der Waals surface area contributed by atoms with Crippen LogP contribution < -0.4 is 10.1 Å². The molecule has 0 saturated carbocycles. The zero-order chi connectivity index (χ0) is 60.5. The number of rotatable bonds is 17. The number of benzene rings is 4. The number of carboxylic acid groups (broad SMARTS) is 2. The number of likely N-dealkylation sites (tertiary alicyclic amines) is 1. The third-order valence-electron chi connectivity index (χ3n) is 13.5. The first kappa shape index (κ1) is 63.8. The molecule has 2 saturated heterocycles. The summed E-state index contributed by atoms with van der Waals surface area (Å²) in [5.74, 6) is -3.79. The van der Waals surface area contributed by atoms with Crippen molar-refractivity contribution >= 4 is 59.1 Å². The van der Waals surface area contributed by atoms with Crippen molar-refractivity contribution in [3.63, 3.8) is 0 Å². The summed E-state index contributed by atoms with van der Waals surface area (Å²) in [7, 11) is 5.91. The maximum absolute atomic E-state index is 15.3. The molecule has 2 fully saturated rings. The average molecular weight is 1180 g/mol. The smallest absolute Gasteiger partial charge is 0.478 e.